The number of nitrogens with zero attached hydrogens (tertiary/aromatic N) is 1. The first-order valence-electron chi connectivity index (χ1n) is 7.69. The molecule has 2 aromatic carbocycles. The Balaban J connectivity index is 2.04. The molecular formula is C19H12ClF4NO2. The molecule has 3 rings (SSSR count). The van der Waals surface area contributed by atoms with E-state index in [1.54, 1.807) is 6.92 Å². The van der Waals surface area contributed by atoms with E-state index in [2.05, 4.69) is 4.74 Å². The van der Waals surface area contributed by atoms with Gasteiger partial charge in [-0.1, -0.05) is 17.7 Å². The van der Waals surface area contributed by atoms with Crippen LogP contribution in [-0.2, 0) is 0 Å². The largest absolute Gasteiger partial charge is 0.573 e. The molecule has 0 aliphatic carbocycles. The number of benzene rings is 2. The van der Waals surface area contributed by atoms with E-state index in [1.165, 1.54) is 47.2 Å². The summed E-state index contributed by atoms with van der Waals surface area (Å²) in [5, 5.41) is -0.0571. The van der Waals surface area contributed by atoms with Crippen molar-refractivity contribution in [2.75, 3.05) is 0 Å². The molecule has 0 atom stereocenters. The van der Waals surface area contributed by atoms with Crippen molar-refractivity contribution in [1.29, 1.82) is 0 Å². The van der Waals surface area contributed by atoms with Gasteiger partial charge in [-0.3, -0.25) is 9.36 Å². The van der Waals surface area contributed by atoms with Gasteiger partial charge in [-0.2, -0.15) is 0 Å². The van der Waals surface area contributed by atoms with E-state index in [0.29, 0.717) is 22.4 Å². The van der Waals surface area contributed by atoms with Crippen LogP contribution in [0.4, 0.5) is 17.6 Å². The van der Waals surface area contributed by atoms with Crippen LogP contribution in [0.3, 0.4) is 0 Å². The van der Waals surface area contributed by atoms with Gasteiger partial charge in [0.15, 0.2) is 0 Å². The first kappa shape index (κ1) is 19.0. The molecule has 0 aliphatic rings. The lowest BCUT2D eigenvalue weighted by Gasteiger charge is -2.13. The van der Waals surface area contributed by atoms with E-state index in [-0.39, 0.29) is 10.6 Å². The molecule has 0 radical (unpaired) electrons. The van der Waals surface area contributed by atoms with Crippen molar-refractivity contribution in [1.82, 2.24) is 4.57 Å². The van der Waals surface area contributed by atoms with Gasteiger partial charge in [0, 0.05) is 23.5 Å². The van der Waals surface area contributed by atoms with E-state index in [9.17, 15) is 22.4 Å². The predicted molar refractivity (Wildman–Crippen MR) is 93.9 cm³/mol. The summed E-state index contributed by atoms with van der Waals surface area (Å²) in [5.41, 5.74) is 1.87. The first-order chi connectivity index (χ1) is 12.6. The quantitative estimate of drug-likeness (QED) is 0.546. The number of hydrogen-bond donors (Lipinski definition) is 0. The molecule has 0 spiro atoms. The molecule has 8 heteroatoms. The first-order valence-corrected chi connectivity index (χ1v) is 8.07. The fraction of sp³-hybridized carbons (Fsp3) is 0.105. The van der Waals surface area contributed by atoms with Gasteiger partial charge in [0.2, 0.25) is 0 Å². The van der Waals surface area contributed by atoms with Crippen LogP contribution in [0.2, 0.25) is 5.02 Å². The van der Waals surface area contributed by atoms with Crippen molar-refractivity contribution in [2.45, 2.75) is 13.3 Å². The molecule has 3 nitrogen and oxygen atoms in total. The topological polar surface area (TPSA) is 31.2 Å². The van der Waals surface area contributed by atoms with Crippen molar-refractivity contribution < 1.29 is 22.3 Å². The summed E-state index contributed by atoms with van der Waals surface area (Å²) in [6.45, 7) is 1.72. The van der Waals surface area contributed by atoms with Gasteiger partial charge in [-0.15, -0.1) is 13.2 Å². The van der Waals surface area contributed by atoms with Gasteiger partial charge in [0.05, 0.1) is 5.02 Å². The Hall–Kier alpha value is -2.80. The van der Waals surface area contributed by atoms with E-state index in [4.69, 9.17) is 11.6 Å². The molecule has 0 N–H and O–H groups in total. The van der Waals surface area contributed by atoms with Crippen LogP contribution in [0, 0.1) is 12.7 Å². The molecule has 0 amide bonds. The Morgan fingerprint density at radius 1 is 1.04 bits per heavy atom. The fourth-order valence-corrected chi connectivity index (χ4v) is 2.78. The van der Waals surface area contributed by atoms with E-state index in [0.717, 1.165) is 12.1 Å². The van der Waals surface area contributed by atoms with Crippen LogP contribution < -0.4 is 10.3 Å². The minimum atomic E-state index is -4.79. The van der Waals surface area contributed by atoms with Crippen molar-refractivity contribution in [3.63, 3.8) is 0 Å². The number of aryl methyl sites for hydroxylation is 1. The average molecular weight is 398 g/mol. The summed E-state index contributed by atoms with van der Waals surface area (Å²) >= 11 is 5.83. The molecular weight excluding hydrogens is 386 g/mol. The molecule has 1 heterocycles. The minimum absolute atomic E-state index is 0.0571. The normalized spacial score (nSPS) is 11.5. The van der Waals surface area contributed by atoms with E-state index < -0.39 is 17.9 Å². The van der Waals surface area contributed by atoms with Gasteiger partial charge < -0.3 is 4.74 Å². The van der Waals surface area contributed by atoms with E-state index >= 15 is 0 Å². The van der Waals surface area contributed by atoms with Gasteiger partial charge in [0.1, 0.15) is 11.6 Å². The SMILES string of the molecule is Cc1cc(=O)n(-c2ccc(OC(F)(F)F)cc2)cc1-c1ccc(F)c(Cl)c1. The molecule has 0 fully saturated rings. The number of hydrogen-bond acceptors (Lipinski definition) is 2. The smallest absolute Gasteiger partial charge is 0.406 e. The molecule has 0 saturated heterocycles. The standard InChI is InChI=1S/C19H12ClF4NO2/c1-11-8-18(26)25(10-15(11)12-2-7-17(21)16(20)9-12)13-3-5-14(6-4-13)27-19(22,23)24/h2-10H,1H3. The highest BCUT2D eigenvalue weighted by Gasteiger charge is 2.31. The molecule has 0 saturated carbocycles. The Morgan fingerprint density at radius 2 is 1.70 bits per heavy atom. The van der Waals surface area contributed by atoms with Crippen LogP contribution in [0.1, 0.15) is 5.56 Å². The number of rotatable bonds is 3. The number of ether oxygens (including phenoxy) is 1. The molecule has 140 valence electrons. The number of alkyl halides is 3. The Morgan fingerprint density at radius 3 is 2.30 bits per heavy atom. The highest BCUT2D eigenvalue weighted by Crippen LogP contribution is 2.28. The monoisotopic (exact) mass is 397 g/mol. The number of halogens is 5. The highest BCUT2D eigenvalue weighted by atomic mass is 35.5. The van der Waals surface area contributed by atoms with Crippen LogP contribution in [-0.4, -0.2) is 10.9 Å². The lowest BCUT2D eigenvalue weighted by atomic mass is 10.0. The molecule has 1 aromatic heterocycles. The molecule has 0 bridgehead atoms. The summed E-state index contributed by atoms with van der Waals surface area (Å²) in [6, 6.07) is 10.5. The van der Waals surface area contributed by atoms with Crippen molar-refractivity contribution >= 4 is 11.6 Å². The number of aromatic nitrogens is 1. The minimum Gasteiger partial charge on any atom is -0.406 e. The lowest BCUT2D eigenvalue weighted by molar-refractivity contribution is -0.274. The molecule has 27 heavy (non-hydrogen) atoms. The van der Waals surface area contributed by atoms with Crippen molar-refractivity contribution in [3.8, 4) is 22.6 Å². The predicted octanol–water partition coefficient (Wildman–Crippen LogP) is 5.50. The third-order valence-corrected chi connectivity index (χ3v) is 4.13. The summed E-state index contributed by atoms with van der Waals surface area (Å²) < 4.78 is 55.3. The molecule has 0 aliphatic heterocycles. The van der Waals surface area contributed by atoms with Gasteiger partial charge >= 0.3 is 6.36 Å². The maximum Gasteiger partial charge on any atom is 0.573 e. The maximum atomic E-state index is 13.4. The van der Waals surface area contributed by atoms with E-state index in [1.807, 2.05) is 0 Å². The third-order valence-electron chi connectivity index (χ3n) is 3.84. The van der Waals surface area contributed by atoms with Crippen molar-refractivity contribution in [3.05, 3.63) is 81.5 Å². The Labute approximate surface area is 156 Å². The van der Waals surface area contributed by atoms with Crippen LogP contribution in [0.5, 0.6) is 5.75 Å². The van der Waals surface area contributed by atoms with Gasteiger partial charge in [-0.05, 0) is 54.4 Å². The van der Waals surface area contributed by atoms with Crippen molar-refractivity contribution in [2.24, 2.45) is 0 Å². The summed E-state index contributed by atoms with van der Waals surface area (Å²) in [6.07, 6.45) is -3.27. The average Bonchev–Trinajstić information content (AvgIpc) is 2.57. The second-order valence-corrected chi connectivity index (χ2v) is 6.16. The lowest BCUT2D eigenvalue weighted by Crippen LogP contribution is -2.19. The van der Waals surface area contributed by atoms with Gasteiger partial charge in [0.25, 0.3) is 5.56 Å². The van der Waals surface area contributed by atoms with Gasteiger partial charge in [-0.25, -0.2) is 4.39 Å². The Kier molecular flexibility index (Phi) is 4.97. The van der Waals surface area contributed by atoms with Crippen LogP contribution in [0.25, 0.3) is 16.8 Å². The second-order valence-electron chi connectivity index (χ2n) is 5.75. The zero-order valence-electron chi connectivity index (χ0n) is 13.8. The number of pyridine rings is 1. The van der Waals surface area contributed by atoms with Crippen LogP contribution >= 0.6 is 11.6 Å². The maximum absolute atomic E-state index is 13.4. The third kappa shape index (κ3) is 4.31. The Bertz CT molecular complexity index is 1040. The zero-order valence-corrected chi connectivity index (χ0v) is 14.6. The molecule has 3 aromatic rings. The van der Waals surface area contributed by atoms with Crippen LogP contribution in [0.15, 0.2) is 59.5 Å². The summed E-state index contributed by atoms with van der Waals surface area (Å²) in [5.74, 6) is -0.955. The second kappa shape index (κ2) is 7.08. The summed E-state index contributed by atoms with van der Waals surface area (Å²) in [7, 11) is 0. The summed E-state index contributed by atoms with van der Waals surface area (Å²) in [4.78, 5) is 12.3. The zero-order chi connectivity index (χ0) is 19.8. The highest BCUT2D eigenvalue weighted by molar-refractivity contribution is 6.31. The fourth-order valence-electron chi connectivity index (χ4n) is 2.60. The molecule has 0 unspecified atom stereocenters.